The minimum atomic E-state index is -1.00. The average molecular weight is 274 g/mol. The lowest BCUT2D eigenvalue weighted by Crippen LogP contribution is -2.46. The zero-order chi connectivity index (χ0) is 14.7. The van der Waals surface area contributed by atoms with E-state index in [1.807, 2.05) is 20.8 Å². The molecule has 0 aromatic carbocycles. The molecule has 0 aliphatic heterocycles. The van der Waals surface area contributed by atoms with Crippen molar-refractivity contribution in [3.05, 3.63) is 0 Å². The maximum Gasteiger partial charge on any atom is 0.326 e. The summed E-state index contributed by atoms with van der Waals surface area (Å²) >= 11 is 0. The molecule has 0 fully saturated rings. The molecule has 19 heavy (non-hydrogen) atoms. The lowest BCUT2D eigenvalue weighted by atomic mass is 10.0. The monoisotopic (exact) mass is 274 g/mol. The van der Waals surface area contributed by atoms with Gasteiger partial charge in [0, 0.05) is 19.8 Å². The van der Waals surface area contributed by atoms with Crippen molar-refractivity contribution >= 4 is 12.0 Å². The summed E-state index contributed by atoms with van der Waals surface area (Å²) in [5, 5.41) is 14.1. The second-order valence-electron chi connectivity index (χ2n) is 4.89. The fourth-order valence-corrected chi connectivity index (χ4v) is 1.52. The van der Waals surface area contributed by atoms with Gasteiger partial charge in [0.25, 0.3) is 0 Å². The topological polar surface area (TPSA) is 87.7 Å². The van der Waals surface area contributed by atoms with Crippen molar-refractivity contribution in [2.45, 2.75) is 46.1 Å². The van der Waals surface area contributed by atoms with Crippen LogP contribution in [0.4, 0.5) is 4.79 Å². The standard InChI is InChI=1S/C13H26N2O4/c1-4-7-19-8-5-6-14-13(18)15-11(12(16)17)9-10(2)3/h10-11H,4-9H2,1-3H3,(H,16,17)(H2,14,15,18). The molecule has 112 valence electrons. The minimum Gasteiger partial charge on any atom is -0.480 e. The Balaban J connectivity index is 3.78. The maximum atomic E-state index is 11.5. The summed E-state index contributed by atoms with van der Waals surface area (Å²) < 4.78 is 5.27. The summed E-state index contributed by atoms with van der Waals surface area (Å²) in [5.74, 6) is -0.793. The van der Waals surface area contributed by atoms with E-state index >= 15 is 0 Å². The van der Waals surface area contributed by atoms with Gasteiger partial charge in [-0.25, -0.2) is 9.59 Å². The Labute approximate surface area is 114 Å². The summed E-state index contributed by atoms with van der Waals surface area (Å²) in [6.07, 6.45) is 2.11. The minimum absolute atomic E-state index is 0.212. The van der Waals surface area contributed by atoms with Gasteiger partial charge in [0.1, 0.15) is 6.04 Å². The normalized spacial score (nSPS) is 12.2. The predicted molar refractivity (Wildman–Crippen MR) is 73.1 cm³/mol. The zero-order valence-electron chi connectivity index (χ0n) is 12.1. The van der Waals surface area contributed by atoms with Gasteiger partial charge in [0.05, 0.1) is 0 Å². The number of nitrogens with one attached hydrogen (secondary N) is 2. The second kappa shape index (κ2) is 10.6. The lowest BCUT2D eigenvalue weighted by Gasteiger charge is -2.16. The Hall–Kier alpha value is -1.30. The number of urea groups is 1. The van der Waals surface area contributed by atoms with Gasteiger partial charge in [-0.15, -0.1) is 0 Å². The first-order chi connectivity index (χ1) is 8.97. The number of aliphatic carboxylic acids is 1. The van der Waals surface area contributed by atoms with Crippen LogP contribution in [0.2, 0.25) is 0 Å². The largest absolute Gasteiger partial charge is 0.480 e. The van der Waals surface area contributed by atoms with E-state index in [1.54, 1.807) is 0 Å². The van der Waals surface area contributed by atoms with Crippen LogP contribution in [0, 0.1) is 5.92 Å². The maximum absolute atomic E-state index is 11.5. The van der Waals surface area contributed by atoms with Crippen molar-refractivity contribution < 1.29 is 19.4 Å². The molecule has 1 atom stereocenters. The summed E-state index contributed by atoms with van der Waals surface area (Å²) in [5.41, 5.74) is 0. The van der Waals surface area contributed by atoms with E-state index in [0.29, 0.717) is 19.6 Å². The smallest absolute Gasteiger partial charge is 0.326 e. The van der Waals surface area contributed by atoms with Crippen molar-refractivity contribution in [2.75, 3.05) is 19.8 Å². The van der Waals surface area contributed by atoms with Crippen LogP contribution in [0.15, 0.2) is 0 Å². The molecule has 0 saturated carbocycles. The van der Waals surface area contributed by atoms with Gasteiger partial charge in [0.2, 0.25) is 0 Å². The second-order valence-corrected chi connectivity index (χ2v) is 4.89. The van der Waals surface area contributed by atoms with Crippen molar-refractivity contribution in [3.63, 3.8) is 0 Å². The van der Waals surface area contributed by atoms with E-state index in [4.69, 9.17) is 9.84 Å². The molecule has 0 heterocycles. The Morgan fingerprint density at radius 1 is 1.26 bits per heavy atom. The van der Waals surface area contributed by atoms with E-state index in [0.717, 1.165) is 19.4 Å². The molecule has 0 aromatic rings. The number of hydrogen-bond acceptors (Lipinski definition) is 3. The van der Waals surface area contributed by atoms with Crippen LogP contribution in [0.3, 0.4) is 0 Å². The summed E-state index contributed by atoms with van der Waals surface area (Å²) in [6, 6.07) is -1.28. The molecule has 6 nitrogen and oxygen atoms in total. The lowest BCUT2D eigenvalue weighted by molar-refractivity contribution is -0.139. The molecule has 3 N–H and O–H groups in total. The van der Waals surface area contributed by atoms with E-state index in [-0.39, 0.29) is 5.92 Å². The average Bonchev–Trinajstić information content (AvgIpc) is 2.32. The predicted octanol–water partition coefficient (Wildman–Crippen LogP) is 1.60. The van der Waals surface area contributed by atoms with Crippen molar-refractivity contribution in [3.8, 4) is 0 Å². The van der Waals surface area contributed by atoms with Gasteiger partial charge in [-0.2, -0.15) is 0 Å². The number of amides is 2. The number of carbonyl (C=O) groups excluding carboxylic acids is 1. The highest BCUT2D eigenvalue weighted by Gasteiger charge is 2.20. The van der Waals surface area contributed by atoms with Crippen LogP contribution < -0.4 is 10.6 Å². The van der Waals surface area contributed by atoms with Crippen LogP contribution in [0.25, 0.3) is 0 Å². The van der Waals surface area contributed by atoms with Crippen molar-refractivity contribution in [1.29, 1.82) is 0 Å². The molecule has 0 bridgehead atoms. The summed E-state index contributed by atoms with van der Waals surface area (Å²) in [7, 11) is 0. The van der Waals surface area contributed by atoms with Gasteiger partial charge in [-0.3, -0.25) is 0 Å². The molecular formula is C13H26N2O4. The molecule has 0 saturated heterocycles. The highest BCUT2D eigenvalue weighted by atomic mass is 16.5. The fraction of sp³-hybridized carbons (Fsp3) is 0.846. The number of hydrogen-bond donors (Lipinski definition) is 3. The Morgan fingerprint density at radius 2 is 1.95 bits per heavy atom. The van der Waals surface area contributed by atoms with Crippen LogP contribution in [0.1, 0.15) is 40.0 Å². The quantitative estimate of drug-likeness (QED) is 0.528. The van der Waals surface area contributed by atoms with Gasteiger partial charge in [0.15, 0.2) is 0 Å². The zero-order valence-corrected chi connectivity index (χ0v) is 12.1. The van der Waals surface area contributed by atoms with Crippen LogP contribution in [-0.2, 0) is 9.53 Å². The number of carboxylic acids is 1. The number of ether oxygens (including phenoxy) is 1. The third-order valence-corrected chi connectivity index (χ3v) is 2.41. The van der Waals surface area contributed by atoms with Crippen LogP contribution in [0.5, 0.6) is 0 Å². The molecule has 0 rings (SSSR count). The molecule has 0 aromatic heterocycles. The molecule has 6 heteroatoms. The number of carbonyl (C=O) groups is 2. The van der Waals surface area contributed by atoms with Gasteiger partial charge in [-0.1, -0.05) is 20.8 Å². The van der Waals surface area contributed by atoms with Gasteiger partial charge < -0.3 is 20.5 Å². The summed E-state index contributed by atoms with van der Waals surface area (Å²) in [6.45, 7) is 7.67. The molecule has 0 radical (unpaired) electrons. The third kappa shape index (κ3) is 10.3. The van der Waals surface area contributed by atoms with E-state index < -0.39 is 18.0 Å². The molecule has 1 unspecified atom stereocenters. The van der Waals surface area contributed by atoms with E-state index in [2.05, 4.69) is 10.6 Å². The molecule has 0 spiro atoms. The Bertz CT molecular complexity index is 269. The molecule has 0 aliphatic carbocycles. The SMILES string of the molecule is CCCOCCCNC(=O)NC(CC(C)C)C(=O)O. The summed E-state index contributed by atoms with van der Waals surface area (Å²) in [4.78, 5) is 22.5. The molecule has 2 amide bonds. The van der Waals surface area contributed by atoms with Gasteiger partial charge in [-0.05, 0) is 25.2 Å². The first-order valence-electron chi connectivity index (χ1n) is 6.82. The van der Waals surface area contributed by atoms with Crippen LogP contribution >= 0.6 is 0 Å². The molecular weight excluding hydrogens is 248 g/mol. The van der Waals surface area contributed by atoms with Crippen molar-refractivity contribution in [1.82, 2.24) is 10.6 Å². The third-order valence-electron chi connectivity index (χ3n) is 2.41. The first kappa shape index (κ1) is 17.7. The number of carboxylic acid groups (broad SMARTS) is 1. The fourth-order valence-electron chi connectivity index (χ4n) is 1.52. The highest BCUT2D eigenvalue weighted by Crippen LogP contribution is 2.04. The highest BCUT2D eigenvalue weighted by molar-refractivity contribution is 5.82. The van der Waals surface area contributed by atoms with Crippen LogP contribution in [-0.4, -0.2) is 42.9 Å². The van der Waals surface area contributed by atoms with Crippen molar-refractivity contribution in [2.24, 2.45) is 5.92 Å². The number of rotatable bonds is 10. The molecule has 0 aliphatic rings. The first-order valence-corrected chi connectivity index (χ1v) is 6.82. The van der Waals surface area contributed by atoms with Gasteiger partial charge >= 0.3 is 12.0 Å². The Kier molecular flexibility index (Phi) is 9.88. The van der Waals surface area contributed by atoms with E-state index in [9.17, 15) is 9.59 Å². The Morgan fingerprint density at radius 3 is 2.47 bits per heavy atom. The van der Waals surface area contributed by atoms with E-state index in [1.165, 1.54) is 0 Å².